The van der Waals surface area contributed by atoms with Crippen LogP contribution in [0.2, 0.25) is 10.0 Å². The van der Waals surface area contributed by atoms with Crippen molar-refractivity contribution in [1.82, 2.24) is 0 Å². The van der Waals surface area contributed by atoms with E-state index in [1.807, 2.05) is 18.2 Å². The first-order valence-electron chi connectivity index (χ1n) is 12.6. The third kappa shape index (κ3) is 3.89. The normalized spacial score (nSPS) is 14.0. The molecule has 0 saturated carbocycles. The summed E-state index contributed by atoms with van der Waals surface area (Å²) in [5, 5.41) is 4.56. The van der Waals surface area contributed by atoms with E-state index in [0.29, 0.717) is 10.0 Å². The molecule has 0 aliphatic heterocycles. The molecule has 5 aromatic rings. The number of anilines is 3. The van der Waals surface area contributed by atoms with Crippen molar-refractivity contribution in [3.05, 3.63) is 111 Å². The molecular weight excluding hydrogens is 513 g/mol. The molecule has 1 aliphatic carbocycles. The fourth-order valence-corrected chi connectivity index (χ4v) is 6.89. The molecule has 1 aliphatic rings. The van der Waals surface area contributed by atoms with Crippen LogP contribution in [-0.2, 0) is 10.8 Å². The maximum atomic E-state index is 6.84. The van der Waals surface area contributed by atoms with Crippen molar-refractivity contribution in [2.24, 2.45) is 0 Å². The molecule has 0 radical (unpaired) electrons. The van der Waals surface area contributed by atoms with Crippen molar-refractivity contribution >= 4 is 61.7 Å². The highest BCUT2D eigenvalue weighted by molar-refractivity contribution is 7.17. The third-order valence-electron chi connectivity index (χ3n) is 7.66. The molecule has 0 N–H and O–H groups in total. The largest absolute Gasteiger partial charge is 0.307 e. The molecule has 1 heterocycles. The van der Waals surface area contributed by atoms with E-state index in [1.165, 1.54) is 37.9 Å². The molecular formula is C33H29Cl2NS. The number of hydrogen-bond donors (Lipinski definition) is 0. The van der Waals surface area contributed by atoms with Gasteiger partial charge in [0.1, 0.15) is 0 Å². The fraction of sp³-hybridized carbons (Fsp3) is 0.212. The Kier molecular flexibility index (Phi) is 5.73. The smallest absolute Gasteiger partial charge is 0.0832 e. The summed E-state index contributed by atoms with van der Waals surface area (Å²) in [6, 6.07) is 28.2. The van der Waals surface area contributed by atoms with Crippen molar-refractivity contribution in [1.29, 1.82) is 0 Å². The third-order valence-corrected chi connectivity index (χ3v) is 9.40. The van der Waals surface area contributed by atoms with Crippen molar-refractivity contribution in [2.75, 3.05) is 4.90 Å². The lowest BCUT2D eigenvalue weighted by atomic mass is 9.82. The van der Waals surface area contributed by atoms with Gasteiger partial charge in [-0.15, -0.1) is 11.3 Å². The number of nitrogens with zero attached hydrogens (tertiary/aromatic N) is 1. The van der Waals surface area contributed by atoms with Gasteiger partial charge in [0.2, 0.25) is 0 Å². The molecule has 0 amide bonds. The molecule has 0 spiro atoms. The Labute approximate surface area is 233 Å². The minimum atomic E-state index is -0.0248. The lowest BCUT2D eigenvalue weighted by Gasteiger charge is -2.27. The van der Waals surface area contributed by atoms with E-state index in [0.717, 1.165) is 17.1 Å². The van der Waals surface area contributed by atoms with Gasteiger partial charge in [-0.3, -0.25) is 0 Å². The lowest BCUT2D eigenvalue weighted by molar-refractivity contribution is 0.590. The van der Waals surface area contributed by atoms with Crippen LogP contribution in [0.25, 0.3) is 21.2 Å². The Morgan fingerprint density at radius 2 is 1.49 bits per heavy atom. The average Bonchev–Trinajstić information content (AvgIpc) is 3.37. The van der Waals surface area contributed by atoms with Crippen LogP contribution in [0, 0.1) is 0 Å². The van der Waals surface area contributed by atoms with E-state index >= 15 is 0 Å². The van der Waals surface area contributed by atoms with Crippen LogP contribution in [0.3, 0.4) is 0 Å². The van der Waals surface area contributed by atoms with Crippen LogP contribution in [0.5, 0.6) is 0 Å². The van der Waals surface area contributed by atoms with E-state index in [2.05, 4.69) is 106 Å². The fourth-order valence-electron chi connectivity index (χ4n) is 5.56. The molecule has 1 aromatic heterocycles. The molecule has 6 rings (SSSR count). The Bertz CT molecular complexity index is 1650. The zero-order chi connectivity index (χ0) is 26.1. The second kappa shape index (κ2) is 8.63. The molecule has 4 aromatic carbocycles. The van der Waals surface area contributed by atoms with Gasteiger partial charge in [0.15, 0.2) is 0 Å². The summed E-state index contributed by atoms with van der Waals surface area (Å²) in [6.07, 6.45) is 0. The van der Waals surface area contributed by atoms with Crippen LogP contribution < -0.4 is 4.90 Å². The highest BCUT2D eigenvalue weighted by atomic mass is 35.5. The first kappa shape index (κ1) is 24.6. The molecule has 0 fully saturated rings. The summed E-state index contributed by atoms with van der Waals surface area (Å²) < 4.78 is 1.27. The van der Waals surface area contributed by atoms with Gasteiger partial charge in [-0.25, -0.2) is 0 Å². The summed E-state index contributed by atoms with van der Waals surface area (Å²) in [5.41, 5.74) is 9.79. The van der Waals surface area contributed by atoms with E-state index < -0.39 is 0 Å². The minimum absolute atomic E-state index is 0.0248. The highest BCUT2D eigenvalue weighted by Gasteiger charge is 2.36. The minimum Gasteiger partial charge on any atom is -0.307 e. The van der Waals surface area contributed by atoms with Crippen LogP contribution in [0.4, 0.5) is 17.1 Å². The molecule has 37 heavy (non-hydrogen) atoms. The predicted octanol–water partition coefficient (Wildman–Crippen LogP) is 11.3. The zero-order valence-electron chi connectivity index (χ0n) is 21.7. The number of fused-ring (bicyclic) bond motifs is 4. The van der Waals surface area contributed by atoms with E-state index in [-0.39, 0.29) is 10.8 Å². The van der Waals surface area contributed by atoms with Crippen molar-refractivity contribution in [3.63, 3.8) is 0 Å². The van der Waals surface area contributed by atoms with Gasteiger partial charge in [-0.1, -0.05) is 100 Å². The van der Waals surface area contributed by atoms with Gasteiger partial charge in [-0.05, 0) is 69.6 Å². The monoisotopic (exact) mass is 541 g/mol. The van der Waals surface area contributed by atoms with Crippen molar-refractivity contribution in [2.45, 2.75) is 45.4 Å². The number of halogens is 2. The maximum Gasteiger partial charge on any atom is 0.0832 e. The summed E-state index contributed by atoms with van der Waals surface area (Å²) in [7, 11) is 0. The maximum absolute atomic E-state index is 6.84. The predicted molar refractivity (Wildman–Crippen MR) is 163 cm³/mol. The Hall–Kier alpha value is -2.78. The Morgan fingerprint density at radius 1 is 0.757 bits per heavy atom. The molecule has 4 heteroatoms. The van der Waals surface area contributed by atoms with Crippen molar-refractivity contribution < 1.29 is 0 Å². The van der Waals surface area contributed by atoms with Crippen LogP contribution in [0.1, 0.15) is 51.3 Å². The first-order chi connectivity index (χ1) is 17.6. The number of benzene rings is 4. The van der Waals surface area contributed by atoms with E-state index in [9.17, 15) is 0 Å². The summed E-state index contributed by atoms with van der Waals surface area (Å²) in [4.78, 5) is 2.25. The summed E-state index contributed by atoms with van der Waals surface area (Å²) in [6.45, 7) is 11.4. The van der Waals surface area contributed by atoms with Gasteiger partial charge in [-0.2, -0.15) is 0 Å². The summed E-state index contributed by atoms with van der Waals surface area (Å²) in [5.74, 6) is 0. The van der Waals surface area contributed by atoms with Gasteiger partial charge in [0.05, 0.1) is 21.4 Å². The van der Waals surface area contributed by atoms with Crippen LogP contribution in [-0.4, -0.2) is 0 Å². The number of thiophene rings is 1. The number of hydrogen-bond acceptors (Lipinski definition) is 2. The second-order valence-electron chi connectivity index (χ2n) is 11.4. The highest BCUT2D eigenvalue weighted by Crippen LogP contribution is 2.53. The average molecular weight is 543 g/mol. The number of rotatable bonds is 3. The standard InChI is InChI=1S/C33H29Cl2NS/c1-32(2,3)20-13-15-21(16-14-20)36(28-12-8-11-27(34)31(28)35)29-19-37-30-18-26-23(17-24(29)30)22-9-6-7-10-25(22)33(26,4)5/h6-19H,1-5H3. The molecule has 186 valence electrons. The van der Waals surface area contributed by atoms with Gasteiger partial charge in [0.25, 0.3) is 0 Å². The molecule has 0 unspecified atom stereocenters. The van der Waals surface area contributed by atoms with E-state index in [4.69, 9.17) is 23.2 Å². The van der Waals surface area contributed by atoms with Crippen molar-refractivity contribution in [3.8, 4) is 11.1 Å². The second-order valence-corrected chi connectivity index (χ2v) is 13.1. The van der Waals surface area contributed by atoms with Gasteiger partial charge in [0, 0.05) is 26.6 Å². The lowest BCUT2D eigenvalue weighted by Crippen LogP contribution is -2.14. The topological polar surface area (TPSA) is 3.24 Å². The molecule has 0 bridgehead atoms. The molecule has 0 atom stereocenters. The Balaban J connectivity index is 1.59. The molecule has 1 nitrogen and oxygen atoms in total. The van der Waals surface area contributed by atoms with Gasteiger partial charge >= 0.3 is 0 Å². The Morgan fingerprint density at radius 3 is 2.22 bits per heavy atom. The summed E-state index contributed by atoms with van der Waals surface area (Å²) >= 11 is 15.1. The van der Waals surface area contributed by atoms with Gasteiger partial charge < -0.3 is 4.90 Å². The SMILES string of the molecule is CC(C)(C)c1ccc(N(c2cccc(Cl)c2Cl)c2csc3cc4c(cc23)-c2ccccc2C4(C)C)cc1. The van der Waals surface area contributed by atoms with Crippen LogP contribution >= 0.6 is 34.5 Å². The first-order valence-corrected chi connectivity index (χ1v) is 14.2. The molecule has 0 saturated heterocycles. The quantitative estimate of drug-likeness (QED) is 0.219. The van der Waals surface area contributed by atoms with E-state index in [1.54, 1.807) is 11.3 Å². The van der Waals surface area contributed by atoms with Crippen LogP contribution in [0.15, 0.2) is 84.2 Å². The zero-order valence-corrected chi connectivity index (χ0v) is 24.0.